The zero-order chi connectivity index (χ0) is 13.2. The molecular formula is C14H23NO3. The minimum atomic E-state index is -0.750. The van der Waals surface area contributed by atoms with E-state index in [-0.39, 0.29) is 17.7 Å². The van der Waals surface area contributed by atoms with Crippen LogP contribution < -0.4 is 5.32 Å². The summed E-state index contributed by atoms with van der Waals surface area (Å²) in [6.07, 6.45) is 6.48. The van der Waals surface area contributed by atoms with Crippen molar-refractivity contribution in [1.29, 1.82) is 0 Å². The molecule has 2 atom stereocenters. The third-order valence-corrected chi connectivity index (χ3v) is 4.74. The fourth-order valence-electron chi connectivity index (χ4n) is 2.90. The molecule has 102 valence electrons. The third-order valence-electron chi connectivity index (χ3n) is 4.74. The maximum absolute atomic E-state index is 12.1. The SMILES string of the molecule is CCC1(CNC(=O)C2CCCC(C(=O)O)C2)CC1. The summed E-state index contributed by atoms with van der Waals surface area (Å²) in [4.78, 5) is 23.0. The Hall–Kier alpha value is -1.06. The molecule has 0 bridgehead atoms. The maximum atomic E-state index is 12.1. The summed E-state index contributed by atoms with van der Waals surface area (Å²) in [5.41, 5.74) is 0.358. The largest absolute Gasteiger partial charge is 0.481 e. The average molecular weight is 253 g/mol. The summed E-state index contributed by atoms with van der Waals surface area (Å²) in [5, 5.41) is 12.0. The predicted molar refractivity (Wildman–Crippen MR) is 68.1 cm³/mol. The standard InChI is InChI=1S/C14H23NO3/c1-2-14(6-7-14)9-15-12(16)10-4-3-5-11(8-10)13(17)18/h10-11H,2-9H2,1H3,(H,15,16)(H,17,18). The molecule has 0 aromatic carbocycles. The Balaban J connectivity index is 1.79. The highest BCUT2D eigenvalue weighted by Crippen LogP contribution is 2.47. The average Bonchev–Trinajstić information content (AvgIpc) is 3.17. The van der Waals surface area contributed by atoms with Gasteiger partial charge in [0.15, 0.2) is 0 Å². The Kier molecular flexibility index (Phi) is 3.93. The van der Waals surface area contributed by atoms with Gasteiger partial charge in [0, 0.05) is 12.5 Å². The van der Waals surface area contributed by atoms with E-state index in [0.717, 1.165) is 32.2 Å². The Bertz CT molecular complexity index is 336. The molecule has 0 aliphatic heterocycles. The molecule has 2 aliphatic carbocycles. The van der Waals surface area contributed by atoms with Crippen molar-refractivity contribution >= 4 is 11.9 Å². The van der Waals surface area contributed by atoms with Crippen molar-refractivity contribution in [2.75, 3.05) is 6.54 Å². The first-order valence-corrected chi connectivity index (χ1v) is 7.07. The molecule has 0 radical (unpaired) electrons. The normalized spacial score (nSPS) is 29.6. The highest BCUT2D eigenvalue weighted by Gasteiger charge is 2.41. The monoisotopic (exact) mass is 253 g/mol. The molecule has 0 aromatic rings. The van der Waals surface area contributed by atoms with Gasteiger partial charge in [0.1, 0.15) is 0 Å². The lowest BCUT2D eigenvalue weighted by atomic mass is 9.81. The quantitative estimate of drug-likeness (QED) is 0.789. The minimum absolute atomic E-state index is 0.0701. The second-order valence-electron chi connectivity index (χ2n) is 5.97. The van der Waals surface area contributed by atoms with Crippen LogP contribution in [0.5, 0.6) is 0 Å². The molecule has 2 saturated carbocycles. The topological polar surface area (TPSA) is 66.4 Å². The minimum Gasteiger partial charge on any atom is -0.481 e. The summed E-state index contributed by atoms with van der Waals surface area (Å²) in [5.74, 6) is -1.09. The molecule has 4 nitrogen and oxygen atoms in total. The zero-order valence-electron chi connectivity index (χ0n) is 11.1. The molecular weight excluding hydrogens is 230 g/mol. The van der Waals surface area contributed by atoms with Gasteiger partial charge in [0.2, 0.25) is 5.91 Å². The summed E-state index contributed by atoms with van der Waals surface area (Å²) >= 11 is 0. The summed E-state index contributed by atoms with van der Waals surface area (Å²) < 4.78 is 0. The van der Waals surface area contributed by atoms with E-state index in [2.05, 4.69) is 12.2 Å². The van der Waals surface area contributed by atoms with Crippen LogP contribution >= 0.6 is 0 Å². The van der Waals surface area contributed by atoms with Crippen LogP contribution in [0.1, 0.15) is 51.9 Å². The summed E-state index contributed by atoms with van der Waals surface area (Å²) in [7, 11) is 0. The fraction of sp³-hybridized carbons (Fsp3) is 0.857. The molecule has 0 saturated heterocycles. The van der Waals surface area contributed by atoms with Crippen molar-refractivity contribution in [2.24, 2.45) is 17.3 Å². The lowest BCUT2D eigenvalue weighted by Gasteiger charge is -2.26. The molecule has 2 N–H and O–H groups in total. The van der Waals surface area contributed by atoms with Crippen molar-refractivity contribution < 1.29 is 14.7 Å². The number of aliphatic carboxylic acids is 1. The number of nitrogens with one attached hydrogen (secondary N) is 1. The Labute approximate surface area is 108 Å². The van der Waals surface area contributed by atoms with Gasteiger partial charge in [-0.05, 0) is 43.9 Å². The van der Waals surface area contributed by atoms with E-state index in [9.17, 15) is 9.59 Å². The second kappa shape index (κ2) is 5.29. The van der Waals surface area contributed by atoms with E-state index < -0.39 is 5.97 Å². The van der Waals surface area contributed by atoms with E-state index in [4.69, 9.17) is 5.11 Å². The van der Waals surface area contributed by atoms with Gasteiger partial charge in [0.05, 0.1) is 5.92 Å². The van der Waals surface area contributed by atoms with E-state index >= 15 is 0 Å². The molecule has 1 amide bonds. The number of hydrogen-bond donors (Lipinski definition) is 2. The first-order chi connectivity index (χ1) is 8.56. The number of amides is 1. The van der Waals surface area contributed by atoms with E-state index in [1.807, 2.05) is 0 Å². The zero-order valence-corrected chi connectivity index (χ0v) is 11.1. The van der Waals surface area contributed by atoms with Gasteiger partial charge in [-0.2, -0.15) is 0 Å². The van der Waals surface area contributed by atoms with Crippen LogP contribution in [-0.2, 0) is 9.59 Å². The van der Waals surface area contributed by atoms with E-state index in [1.54, 1.807) is 0 Å². The highest BCUT2D eigenvalue weighted by molar-refractivity contribution is 5.80. The van der Waals surface area contributed by atoms with Crippen LogP contribution in [-0.4, -0.2) is 23.5 Å². The predicted octanol–water partition coefficient (Wildman–Crippen LogP) is 2.18. The van der Waals surface area contributed by atoms with Gasteiger partial charge in [-0.3, -0.25) is 9.59 Å². The number of rotatable bonds is 5. The van der Waals surface area contributed by atoms with Gasteiger partial charge in [-0.25, -0.2) is 0 Å². The number of carboxylic acids is 1. The molecule has 18 heavy (non-hydrogen) atoms. The molecule has 2 rings (SSSR count). The van der Waals surface area contributed by atoms with Crippen LogP contribution in [0.4, 0.5) is 0 Å². The van der Waals surface area contributed by atoms with Crippen molar-refractivity contribution in [3.05, 3.63) is 0 Å². The van der Waals surface area contributed by atoms with Crippen molar-refractivity contribution in [3.63, 3.8) is 0 Å². The van der Waals surface area contributed by atoms with E-state index in [1.165, 1.54) is 12.8 Å². The van der Waals surface area contributed by atoms with Crippen molar-refractivity contribution in [1.82, 2.24) is 5.32 Å². The number of carbonyl (C=O) groups excluding carboxylic acids is 1. The molecule has 4 heteroatoms. The molecule has 2 unspecified atom stereocenters. The molecule has 0 heterocycles. The number of hydrogen-bond acceptors (Lipinski definition) is 2. The van der Waals surface area contributed by atoms with Crippen molar-refractivity contribution in [2.45, 2.75) is 51.9 Å². The fourth-order valence-corrected chi connectivity index (χ4v) is 2.90. The molecule has 0 aromatic heterocycles. The first kappa shape index (κ1) is 13.4. The Morgan fingerprint density at radius 3 is 2.50 bits per heavy atom. The smallest absolute Gasteiger partial charge is 0.306 e. The lowest BCUT2D eigenvalue weighted by Crippen LogP contribution is -2.38. The van der Waals surface area contributed by atoms with Gasteiger partial charge < -0.3 is 10.4 Å². The summed E-state index contributed by atoms with van der Waals surface area (Å²) in [6.45, 7) is 2.94. The highest BCUT2D eigenvalue weighted by atomic mass is 16.4. The first-order valence-electron chi connectivity index (χ1n) is 7.07. The molecule has 2 fully saturated rings. The maximum Gasteiger partial charge on any atom is 0.306 e. The van der Waals surface area contributed by atoms with Crippen LogP contribution in [0.3, 0.4) is 0 Å². The van der Waals surface area contributed by atoms with Gasteiger partial charge in [0.25, 0.3) is 0 Å². The summed E-state index contributed by atoms with van der Waals surface area (Å²) in [6, 6.07) is 0. The third kappa shape index (κ3) is 3.03. The van der Waals surface area contributed by atoms with E-state index in [0.29, 0.717) is 11.8 Å². The Morgan fingerprint density at radius 1 is 1.28 bits per heavy atom. The van der Waals surface area contributed by atoms with Crippen LogP contribution in [0.25, 0.3) is 0 Å². The Morgan fingerprint density at radius 2 is 1.94 bits per heavy atom. The second-order valence-corrected chi connectivity index (χ2v) is 5.97. The molecule has 0 spiro atoms. The molecule has 2 aliphatic rings. The van der Waals surface area contributed by atoms with Crippen LogP contribution in [0.15, 0.2) is 0 Å². The van der Waals surface area contributed by atoms with Gasteiger partial charge in [-0.15, -0.1) is 0 Å². The van der Waals surface area contributed by atoms with Crippen LogP contribution in [0.2, 0.25) is 0 Å². The van der Waals surface area contributed by atoms with Crippen molar-refractivity contribution in [3.8, 4) is 0 Å². The number of carboxylic acid groups (broad SMARTS) is 1. The lowest BCUT2D eigenvalue weighted by molar-refractivity contribution is -0.144. The van der Waals surface area contributed by atoms with Crippen LogP contribution in [0, 0.1) is 17.3 Å². The van der Waals surface area contributed by atoms with Gasteiger partial charge in [-0.1, -0.05) is 13.3 Å². The van der Waals surface area contributed by atoms with Gasteiger partial charge >= 0.3 is 5.97 Å². The number of carbonyl (C=O) groups is 2.